The van der Waals surface area contributed by atoms with E-state index in [1.54, 1.807) is 0 Å². The first-order valence-corrected chi connectivity index (χ1v) is 6.86. The molecular weight excluding hydrogens is 224 g/mol. The summed E-state index contributed by atoms with van der Waals surface area (Å²) in [5.74, 6) is 1.03. The molecule has 0 radical (unpaired) electrons. The Bertz CT molecular complexity index is 359. The normalized spacial score (nSPS) is 17.9. The Morgan fingerprint density at radius 2 is 2.11 bits per heavy atom. The molecule has 3 nitrogen and oxygen atoms in total. The summed E-state index contributed by atoms with van der Waals surface area (Å²) in [6.07, 6.45) is 3.72. The van der Waals surface area contributed by atoms with Crippen molar-refractivity contribution in [3.05, 3.63) is 29.8 Å². The van der Waals surface area contributed by atoms with E-state index in [0.29, 0.717) is 6.10 Å². The number of benzene rings is 1. The molecule has 3 heteroatoms. The van der Waals surface area contributed by atoms with E-state index in [4.69, 9.17) is 4.74 Å². The van der Waals surface area contributed by atoms with Gasteiger partial charge in [-0.1, -0.05) is 12.1 Å². The van der Waals surface area contributed by atoms with Crippen molar-refractivity contribution in [1.82, 2.24) is 10.2 Å². The average Bonchev–Trinajstić information content (AvgIpc) is 2.40. The quantitative estimate of drug-likeness (QED) is 0.861. The topological polar surface area (TPSA) is 24.5 Å². The van der Waals surface area contributed by atoms with E-state index in [1.165, 1.54) is 5.56 Å². The van der Waals surface area contributed by atoms with E-state index in [1.807, 2.05) is 7.05 Å². The SMILES string of the molecule is CNCCc1cccc(OC2CCN(C)CC2)c1. The second-order valence-corrected chi connectivity index (χ2v) is 5.12. The molecule has 2 rings (SSSR count). The van der Waals surface area contributed by atoms with Crippen LogP contribution < -0.4 is 10.1 Å². The zero-order valence-corrected chi connectivity index (χ0v) is 11.5. The number of hydrogen-bond donors (Lipinski definition) is 1. The van der Waals surface area contributed by atoms with Crippen molar-refractivity contribution < 1.29 is 4.74 Å². The van der Waals surface area contributed by atoms with E-state index >= 15 is 0 Å². The molecule has 1 aromatic rings. The van der Waals surface area contributed by atoms with Crippen LogP contribution in [-0.4, -0.2) is 44.7 Å². The first-order chi connectivity index (χ1) is 8.78. The lowest BCUT2D eigenvalue weighted by Crippen LogP contribution is -2.35. The van der Waals surface area contributed by atoms with Gasteiger partial charge in [0.2, 0.25) is 0 Å². The molecule has 1 aromatic carbocycles. The first kappa shape index (κ1) is 13.4. The molecule has 18 heavy (non-hydrogen) atoms. The summed E-state index contributed by atoms with van der Waals surface area (Å²) in [6, 6.07) is 8.50. The lowest BCUT2D eigenvalue weighted by Gasteiger charge is -2.29. The molecule has 0 amide bonds. The Morgan fingerprint density at radius 3 is 2.83 bits per heavy atom. The van der Waals surface area contributed by atoms with Gasteiger partial charge in [-0.3, -0.25) is 0 Å². The highest BCUT2D eigenvalue weighted by Crippen LogP contribution is 2.19. The molecular formula is C15H24N2O. The van der Waals surface area contributed by atoms with Crippen LogP contribution in [0.15, 0.2) is 24.3 Å². The Labute approximate surface area is 110 Å². The van der Waals surface area contributed by atoms with Gasteiger partial charge in [0.25, 0.3) is 0 Å². The average molecular weight is 248 g/mol. The lowest BCUT2D eigenvalue weighted by atomic mass is 10.1. The summed E-state index contributed by atoms with van der Waals surface area (Å²) in [6.45, 7) is 3.30. The van der Waals surface area contributed by atoms with Crippen LogP contribution in [0.3, 0.4) is 0 Å². The van der Waals surface area contributed by atoms with Crippen LogP contribution in [0.5, 0.6) is 5.75 Å². The summed E-state index contributed by atoms with van der Waals surface area (Å²) in [4.78, 5) is 2.36. The van der Waals surface area contributed by atoms with Gasteiger partial charge in [0.15, 0.2) is 0 Å². The number of piperidine rings is 1. The van der Waals surface area contributed by atoms with Crippen LogP contribution >= 0.6 is 0 Å². The van der Waals surface area contributed by atoms with Gasteiger partial charge in [-0.25, -0.2) is 0 Å². The Balaban J connectivity index is 1.88. The highest BCUT2D eigenvalue weighted by Gasteiger charge is 2.17. The van der Waals surface area contributed by atoms with Crippen LogP contribution in [0.2, 0.25) is 0 Å². The van der Waals surface area contributed by atoms with Crippen molar-refractivity contribution in [2.24, 2.45) is 0 Å². The molecule has 0 atom stereocenters. The third-order valence-corrected chi connectivity index (χ3v) is 3.53. The molecule has 1 fully saturated rings. The van der Waals surface area contributed by atoms with Gasteiger partial charge in [-0.05, 0) is 57.6 Å². The maximum atomic E-state index is 6.08. The number of hydrogen-bond acceptors (Lipinski definition) is 3. The standard InChI is InChI=1S/C15H24N2O/c1-16-9-6-13-4-3-5-15(12-13)18-14-7-10-17(2)11-8-14/h3-5,12,14,16H,6-11H2,1-2H3. The fraction of sp³-hybridized carbons (Fsp3) is 0.600. The number of nitrogens with one attached hydrogen (secondary N) is 1. The summed E-state index contributed by atoms with van der Waals surface area (Å²) >= 11 is 0. The van der Waals surface area contributed by atoms with Gasteiger partial charge in [-0.15, -0.1) is 0 Å². The second kappa shape index (κ2) is 6.76. The van der Waals surface area contributed by atoms with E-state index in [9.17, 15) is 0 Å². The van der Waals surface area contributed by atoms with Gasteiger partial charge in [0.1, 0.15) is 11.9 Å². The van der Waals surface area contributed by atoms with Crippen molar-refractivity contribution in [2.75, 3.05) is 33.7 Å². The van der Waals surface area contributed by atoms with Crippen molar-refractivity contribution in [1.29, 1.82) is 0 Å². The zero-order chi connectivity index (χ0) is 12.8. The van der Waals surface area contributed by atoms with Crippen molar-refractivity contribution in [3.63, 3.8) is 0 Å². The Hall–Kier alpha value is -1.06. The van der Waals surface area contributed by atoms with Crippen LogP contribution in [0.1, 0.15) is 18.4 Å². The van der Waals surface area contributed by atoms with Crippen molar-refractivity contribution in [2.45, 2.75) is 25.4 Å². The molecule has 1 saturated heterocycles. The lowest BCUT2D eigenvalue weighted by molar-refractivity contribution is 0.114. The molecule has 0 spiro atoms. The molecule has 1 aliphatic rings. The van der Waals surface area contributed by atoms with Crippen LogP contribution in [0.4, 0.5) is 0 Å². The van der Waals surface area contributed by atoms with E-state index in [0.717, 1.165) is 44.6 Å². The number of rotatable bonds is 5. The van der Waals surface area contributed by atoms with Crippen molar-refractivity contribution in [3.8, 4) is 5.75 Å². The predicted octanol–water partition coefficient (Wildman–Crippen LogP) is 1.92. The Morgan fingerprint density at radius 1 is 1.33 bits per heavy atom. The highest BCUT2D eigenvalue weighted by atomic mass is 16.5. The summed E-state index contributed by atoms with van der Waals surface area (Å²) < 4.78 is 6.08. The third-order valence-electron chi connectivity index (χ3n) is 3.53. The number of ether oxygens (including phenoxy) is 1. The minimum absolute atomic E-state index is 0.390. The first-order valence-electron chi connectivity index (χ1n) is 6.86. The fourth-order valence-corrected chi connectivity index (χ4v) is 2.34. The third kappa shape index (κ3) is 4.00. The minimum atomic E-state index is 0.390. The second-order valence-electron chi connectivity index (χ2n) is 5.12. The molecule has 0 aromatic heterocycles. The van der Waals surface area contributed by atoms with Crippen LogP contribution in [0, 0.1) is 0 Å². The number of likely N-dealkylation sites (tertiary alicyclic amines) is 1. The number of likely N-dealkylation sites (N-methyl/N-ethyl adjacent to an activating group) is 1. The summed E-state index contributed by atoms with van der Waals surface area (Å²) in [5, 5.41) is 3.18. The van der Waals surface area contributed by atoms with Crippen LogP contribution in [-0.2, 0) is 6.42 Å². The highest BCUT2D eigenvalue weighted by molar-refractivity contribution is 5.29. The fourth-order valence-electron chi connectivity index (χ4n) is 2.34. The number of nitrogens with zero attached hydrogens (tertiary/aromatic N) is 1. The molecule has 1 heterocycles. The van der Waals surface area contributed by atoms with E-state index < -0.39 is 0 Å². The van der Waals surface area contributed by atoms with Gasteiger partial charge in [0, 0.05) is 13.1 Å². The molecule has 0 saturated carbocycles. The zero-order valence-electron chi connectivity index (χ0n) is 11.5. The molecule has 0 bridgehead atoms. The molecule has 0 unspecified atom stereocenters. The minimum Gasteiger partial charge on any atom is -0.490 e. The van der Waals surface area contributed by atoms with E-state index in [-0.39, 0.29) is 0 Å². The molecule has 100 valence electrons. The smallest absolute Gasteiger partial charge is 0.119 e. The Kier molecular flexibility index (Phi) is 5.02. The van der Waals surface area contributed by atoms with Gasteiger partial charge in [-0.2, -0.15) is 0 Å². The molecule has 0 aliphatic carbocycles. The maximum absolute atomic E-state index is 6.08. The molecule has 1 aliphatic heterocycles. The van der Waals surface area contributed by atoms with Gasteiger partial charge < -0.3 is 15.0 Å². The van der Waals surface area contributed by atoms with Gasteiger partial charge >= 0.3 is 0 Å². The van der Waals surface area contributed by atoms with Gasteiger partial charge in [0.05, 0.1) is 0 Å². The summed E-state index contributed by atoms with van der Waals surface area (Å²) in [7, 11) is 4.16. The van der Waals surface area contributed by atoms with Crippen molar-refractivity contribution >= 4 is 0 Å². The monoisotopic (exact) mass is 248 g/mol. The van der Waals surface area contributed by atoms with Crippen LogP contribution in [0.25, 0.3) is 0 Å². The maximum Gasteiger partial charge on any atom is 0.119 e. The predicted molar refractivity (Wildman–Crippen MR) is 75.2 cm³/mol. The van der Waals surface area contributed by atoms with E-state index in [2.05, 4.69) is 41.5 Å². The largest absolute Gasteiger partial charge is 0.490 e. The molecule has 1 N–H and O–H groups in total. The summed E-state index contributed by atoms with van der Waals surface area (Å²) in [5.41, 5.74) is 1.34.